The van der Waals surface area contributed by atoms with Crippen LogP contribution in [-0.4, -0.2) is 59.7 Å². The third-order valence-electron chi connectivity index (χ3n) is 4.13. The number of rotatable bonds is 8. The summed E-state index contributed by atoms with van der Waals surface area (Å²) in [6, 6.07) is 7.02. The van der Waals surface area contributed by atoms with Gasteiger partial charge in [0.1, 0.15) is 5.69 Å². The van der Waals surface area contributed by atoms with Gasteiger partial charge >= 0.3 is 0 Å². The molecule has 0 saturated heterocycles. The van der Waals surface area contributed by atoms with E-state index in [4.69, 9.17) is 0 Å². The normalized spacial score (nSPS) is 11.4. The van der Waals surface area contributed by atoms with E-state index < -0.39 is 32.0 Å². The summed E-state index contributed by atoms with van der Waals surface area (Å²) in [6.07, 6.45) is 1.41. The minimum absolute atomic E-state index is 0.124. The van der Waals surface area contributed by atoms with Gasteiger partial charge < -0.3 is 5.32 Å². The molecule has 0 saturated carbocycles. The molecule has 1 aromatic heterocycles. The largest absolute Gasteiger partial charge is 0.350 e. The number of amides is 1. The highest BCUT2D eigenvalue weighted by Crippen LogP contribution is 2.22. The molecule has 11 nitrogen and oxygen atoms in total. The van der Waals surface area contributed by atoms with Gasteiger partial charge in [-0.05, 0) is 19.4 Å². The second kappa shape index (κ2) is 8.92. The molecular weight excluding hydrogens is 402 g/mol. The van der Waals surface area contributed by atoms with Gasteiger partial charge in [-0.3, -0.25) is 19.7 Å². The standard InChI is InChI=1S/C17H21N5O6S/c1-12-11-15(23)16(17(24)18-9-6-10-20(2)29(3,27)28)19-21(12)13-7-4-5-8-14(13)22(25)26/h4-5,7-8,11H,6,9-10H2,1-3H3,(H,18,24). The van der Waals surface area contributed by atoms with Crippen molar-refractivity contribution >= 4 is 21.6 Å². The van der Waals surface area contributed by atoms with Gasteiger partial charge in [0.15, 0.2) is 5.69 Å². The van der Waals surface area contributed by atoms with Gasteiger partial charge in [0, 0.05) is 38.0 Å². The third-order valence-corrected chi connectivity index (χ3v) is 5.45. The number of aromatic nitrogens is 2. The Kier molecular flexibility index (Phi) is 6.82. The summed E-state index contributed by atoms with van der Waals surface area (Å²) in [7, 11) is -1.89. The predicted molar refractivity (Wildman–Crippen MR) is 106 cm³/mol. The Morgan fingerprint density at radius 3 is 2.62 bits per heavy atom. The molecule has 12 heteroatoms. The highest BCUT2D eigenvalue weighted by Gasteiger charge is 2.20. The van der Waals surface area contributed by atoms with Crippen LogP contribution in [0.2, 0.25) is 0 Å². The molecule has 29 heavy (non-hydrogen) atoms. The molecule has 2 aromatic rings. The van der Waals surface area contributed by atoms with Crippen LogP contribution in [0.25, 0.3) is 5.69 Å². The molecule has 1 N–H and O–H groups in total. The van der Waals surface area contributed by atoms with E-state index in [1.54, 1.807) is 13.0 Å². The first-order valence-electron chi connectivity index (χ1n) is 8.56. The van der Waals surface area contributed by atoms with Crippen molar-refractivity contribution in [3.63, 3.8) is 0 Å². The smallest absolute Gasteiger partial charge is 0.294 e. The Balaban J connectivity index is 2.23. The summed E-state index contributed by atoms with van der Waals surface area (Å²) < 4.78 is 25.0. The van der Waals surface area contributed by atoms with E-state index in [0.717, 1.165) is 10.6 Å². The zero-order valence-electron chi connectivity index (χ0n) is 16.2. The fourth-order valence-electron chi connectivity index (χ4n) is 2.50. The van der Waals surface area contributed by atoms with Gasteiger partial charge in [-0.15, -0.1) is 0 Å². The Bertz CT molecular complexity index is 1100. The van der Waals surface area contributed by atoms with Crippen molar-refractivity contribution in [2.75, 3.05) is 26.4 Å². The molecule has 0 aliphatic carbocycles. The van der Waals surface area contributed by atoms with Gasteiger partial charge in [0.2, 0.25) is 15.5 Å². The molecule has 1 aromatic carbocycles. The van der Waals surface area contributed by atoms with Crippen molar-refractivity contribution in [3.8, 4) is 5.69 Å². The van der Waals surface area contributed by atoms with Gasteiger partial charge in [-0.25, -0.2) is 17.4 Å². The second-order valence-corrected chi connectivity index (χ2v) is 8.44. The molecule has 0 unspecified atom stereocenters. The summed E-state index contributed by atoms with van der Waals surface area (Å²) in [5.74, 6) is -0.746. The average Bonchev–Trinajstić information content (AvgIpc) is 2.64. The van der Waals surface area contributed by atoms with Crippen LogP contribution in [0.3, 0.4) is 0 Å². The summed E-state index contributed by atoms with van der Waals surface area (Å²) in [4.78, 5) is 35.3. The second-order valence-electron chi connectivity index (χ2n) is 6.35. The van der Waals surface area contributed by atoms with E-state index >= 15 is 0 Å². The lowest BCUT2D eigenvalue weighted by molar-refractivity contribution is -0.384. The van der Waals surface area contributed by atoms with Crippen LogP contribution in [0, 0.1) is 17.0 Å². The maximum atomic E-state index is 12.4. The number of nitrogens with one attached hydrogen (secondary N) is 1. The molecule has 1 heterocycles. The lowest BCUT2D eigenvalue weighted by atomic mass is 10.2. The van der Waals surface area contributed by atoms with E-state index in [1.807, 2.05) is 0 Å². The van der Waals surface area contributed by atoms with Crippen LogP contribution < -0.4 is 10.7 Å². The lowest BCUT2D eigenvalue weighted by Crippen LogP contribution is -2.34. The van der Waals surface area contributed by atoms with E-state index in [1.165, 1.54) is 36.0 Å². The van der Waals surface area contributed by atoms with Crippen molar-refractivity contribution in [1.82, 2.24) is 19.4 Å². The SMILES string of the molecule is Cc1cc(=O)c(C(=O)NCCCN(C)S(C)(=O)=O)nn1-c1ccccc1[N+](=O)[O-]. The number of hydrogen-bond donors (Lipinski definition) is 1. The fourth-order valence-corrected chi connectivity index (χ4v) is 2.96. The Morgan fingerprint density at radius 2 is 2.00 bits per heavy atom. The zero-order chi connectivity index (χ0) is 21.8. The van der Waals surface area contributed by atoms with E-state index in [2.05, 4.69) is 10.4 Å². The minimum Gasteiger partial charge on any atom is -0.350 e. The van der Waals surface area contributed by atoms with Crippen molar-refractivity contribution in [1.29, 1.82) is 0 Å². The number of sulfonamides is 1. The van der Waals surface area contributed by atoms with Crippen LogP contribution >= 0.6 is 0 Å². The molecule has 2 rings (SSSR count). The monoisotopic (exact) mass is 423 g/mol. The molecule has 156 valence electrons. The quantitative estimate of drug-likeness (QED) is 0.369. The number of para-hydroxylation sites is 2. The van der Waals surface area contributed by atoms with Gasteiger partial charge in [0.25, 0.3) is 11.6 Å². The van der Waals surface area contributed by atoms with Gasteiger partial charge in [-0.2, -0.15) is 5.10 Å². The van der Waals surface area contributed by atoms with Crippen LogP contribution in [0.1, 0.15) is 22.6 Å². The number of carbonyl (C=O) groups excluding carboxylic acids is 1. The molecule has 0 radical (unpaired) electrons. The number of nitrogens with zero attached hydrogens (tertiary/aromatic N) is 4. The minimum atomic E-state index is -3.31. The van der Waals surface area contributed by atoms with Crippen LogP contribution in [0.4, 0.5) is 5.69 Å². The first kappa shape index (κ1) is 22.2. The molecule has 0 aliphatic heterocycles. The molecule has 0 spiro atoms. The molecule has 1 amide bonds. The van der Waals surface area contributed by atoms with Crippen LogP contribution in [0.15, 0.2) is 35.1 Å². The summed E-state index contributed by atoms with van der Waals surface area (Å²) in [5, 5.41) is 17.8. The Hall–Kier alpha value is -3.12. The molecule has 0 atom stereocenters. The van der Waals surface area contributed by atoms with E-state index in [0.29, 0.717) is 12.1 Å². The van der Waals surface area contributed by atoms with Crippen molar-refractivity contribution in [2.45, 2.75) is 13.3 Å². The summed E-state index contributed by atoms with van der Waals surface area (Å²) >= 11 is 0. The summed E-state index contributed by atoms with van der Waals surface area (Å²) in [5.41, 5.74) is -0.801. The zero-order valence-corrected chi connectivity index (χ0v) is 17.0. The lowest BCUT2D eigenvalue weighted by Gasteiger charge is -2.14. The topological polar surface area (TPSA) is 145 Å². The average molecular weight is 423 g/mol. The predicted octanol–water partition coefficient (Wildman–Crippen LogP) is 0.460. The van der Waals surface area contributed by atoms with Crippen LogP contribution in [0.5, 0.6) is 0 Å². The summed E-state index contributed by atoms with van der Waals surface area (Å²) in [6.45, 7) is 1.87. The maximum Gasteiger partial charge on any atom is 0.294 e. The van der Waals surface area contributed by atoms with E-state index in [-0.39, 0.29) is 24.5 Å². The third kappa shape index (κ3) is 5.45. The van der Waals surface area contributed by atoms with Crippen molar-refractivity contribution < 1.29 is 18.1 Å². The Labute approximate surface area is 167 Å². The maximum absolute atomic E-state index is 12.4. The number of benzene rings is 1. The number of aryl methyl sites for hydroxylation is 1. The number of nitro benzene ring substituents is 1. The first-order valence-corrected chi connectivity index (χ1v) is 10.4. The van der Waals surface area contributed by atoms with Crippen LogP contribution in [-0.2, 0) is 10.0 Å². The Morgan fingerprint density at radius 1 is 1.34 bits per heavy atom. The molecular formula is C17H21N5O6S. The number of hydrogen-bond acceptors (Lipinski definition) is 7. The first-order chi connectivity index (χ1) is 13.5. The highest BCUT2D eigenvalue weighted by atomic mass is 32.2. The number of carbonyl (C=O) groups is 1. The molecule has 0 fully saturated rings. The van der Waals surface area contributed by atoms with E-state index in [9.17, 15) is 28.1 Å². The fraction of sp³-hybridized carbons (Fsp3) is 0.353. The van der Waals surface area contributed by atoms with Gasteiger partial charge in [0.05, 0.1) is 11.2 Å². The highest BCUT2D eigenvalue weighted by molar-refractivity contribution is 7.88. The number of nitro groups is 1. The van der Waals surface area contributed by atoms with Gasteiger partial charge in [-0.1, -0.05) is 12.1 Å². The molecule has 0 bridgehead atoms. The molecule has 0 aliphatic rings. The van der Waals surface area contributed by atoms with Crippen molar-refractivity contribution in [2.24, 2.45) is 0 Å². The van der Waals surface area contributed by atoms with Crippen molar-refractivity contribution in [3.05, 3.63) is 62.1 Å².